The lowest BCUT2D eigenvalue weighted by atomic mass is 9.89. The normalized spacial score (nSPS) is 15.5. The van der Waals surface area contributed by atoms with Crippen molar-refractivity contribution in [2.45, 2.75) is 98.0 Å². The number of unbranched alkanes of at least 4 members (excludes halogenated alkanes) is 2. The molecule has 4 atom stereocenters. The molecule has 0 aliphatic heterocycles. The second-order valence-corrected chi connectivity index (χ2v) is 9.05. The summed E-state index contributed by atoms with van der Waals surface area (Å²) in [5.41, 5.74) is 0.621. The van der Waals surface area contributed by atoms with E-state index in [-0.39, 0.29) is 12.1 Å². The summed E-state index contributed by atoms with van der Waals surface area (Å²) < 4.78 is 5.38. The second-order valence-electron chi connectivity index (χ2n) is 9.05. The molecule has 1 rings (SSSR count). The molecule has 0 saturated carbocycles. The number of ether oxygens (including phenoxy) is 1. The molecule has 0 aliphatic rings. The first kappa shape index (κ1) is 25.7. The van der Waals surface area contributed by atoms with Crippen molar-refractivity contribution in [1.29, 1.82) is 0 Å². The standard InChI is InChI=1S/C26H44O3/c1-5-6-8-14-23(4)25(27)18-17-21(2)12-11-13-22(3)19-20-29-26(28)24-15-9-7-10-16-24/h7,9-10,15-16,21-23,25,27H,5-6,8,11-14,17-20H2,1-4H3/t21-,22+,23+,25+/m1/s1. The van der Waals surface area contributed by atoms with Crippen molar-refractivity contribution >= 4 is 5.97 Å². The van der Waals surface area contributed by atoms with Crippen LogP contribution >= 0.6 is 0 Å². The van der Waals surface area contributed by atoms with Gasteiger partial charge in [-0.1, -0.05) is 84.4 Å². The molecule has 0 bridgehead atoms. The molecule has 3 heteroatoms. The number of carbonyl (C=O) groups is 1. The van der Waals surface area contributed by atoms with Gasteiger partial charge in [-0.15, -0.1) is 0 Å². The monoisotopic (exact) mass is 404 g/mol. The summed E-state index contributed by atoms with van der Waals surface area (Å²) in [6, 6.07) is 9.18. The lowest BCUT2D eigenvalue weighted by Crippen LogP contribution is -2.18. The Kier molecular flexibility index (Phi) is 13.7. The van der Waals surface area contributed by atoms with Gasteiger partial charge in [0.15, 0.2) is 0 Å². The van der Waals surface area contributed by atoms with Crippen LogP contribution in [0, 0.1) is 17.8 Å². The van der Waals surface area contributed by atoms with Crippen molar-refractivity contribution in [2.75, 3.05) is 6.61 Å². The molecule has 1 aromatic carbocycles. The van der Waals surface area contributed by atoms with Gasteiger partial charge in [0, 0.05) is 0 Å². The van der Waals surface area contributed by atoms with Gasteiger partial charge >= 0.3 is 5.97 Å². The van der Waals surface area contributed by atoms with Gasteiger partial charge in [-0.2, -0.15) is 0 Å². The highest BCUT2D eigenvalue weighted by Crippen LogP contribution is 2.22. The average molecular weight is 405 g/mol. The Bertz CT molecular complexity index is 528. The molecular weight excluding hydrogens is 360 g/mol. The summed E-state index contributed by atoms with van der Waals surface area (Å²) in [5, 5.41) is 10.4. The van der Waals surface area contributed by atoms with Crippen LogP contribution in [0.4, 0.5) is 0 Å². The van der Waals surface area contributed by atoms with E-state index in [0.717, 1.165) is 25.7 Å². The maximum Gasteiger partial charge on any atom is 0.338 e. The number of hydrogen-bond acceptors (Lipinski definition) is 3. The van der Waals surface area contributed by atoms with E-state index < -0.39 is 0 Å². The zero-order valence-electron chi connectivity index (χ0n) is 19.2. The number of benzene rings is 1. The lowest BCUT2D eigenvalue weighted by Gasteiger charge is -2.21. The molecule has 0 aliphatic carbocycles. The van der Waals surface area contributed by atoms with E-state index in [1.165, 1.54) is 38.5 Å². The van der Waals surface area contributed by atoms with Crippen LogP contribution in [-0.4, -0.2) is 23.8 Å². The van der Waals surface area contributed by atoms with E-state index in [1.807, 2.05) is 18.2 Å². The van der Waals surface area contributed by atoms with Gasteiger partial charge in [0.05, 0.1) is 18.3 Å². The third kappa shape index (κ3) is 12.1. The SMILES string of the molecule is CCCCC[C@H](C)[C@@H](O)CC[C@H](C)CCC[C@H](C)CCOC(=O)c1ccccc1. The minimum atomic E-state index is -0.228. The molecule has 3 nitrogen and oxygen atoms in total. The predicted octanol–water partition coefficient (Wildman–Crippen LogP) is 7.03. The molecule has 0 radical (unpaired) electrons. The minimum Gasteiger partial charge on any atom is -0.462 e. The van der Waals surface area contributed by atoms with Gasteiger partial charge in [-0.05, 0) is 55.6 Å². The summed E-state index contributed by atoms with van der Waals surface area (Å²) in [5.74, 6) is 1.42. The highest BCUT2D eigenvalue weighted by Gasteiger charge is 2.15. The molecular formula is C26H44O3. The van der Waals surface area contributed by atoms with Gasteiger partial charge in [-0.3, -0.25) is 0 Å². The van der Waals surface area contributed by atoms with E-state index in [9.17, 15) is 9.90 Å². The first-order chi connectivity index (χ1) is 13.9. The van der Waals surface area contributed by atoms with Gasteiger partial charge in [0.25, 0.3) is 0 Å². The molecule has 0 saturated heterocycles. The van der Waals surface area contributed by atoms with Crippen molar-refractivity contribution in [1.82, 2.24) is 0 Å². The van der Waals surface area contributed by atoms with Crippen LogP contribution in [0.25, 0.3) is 0 Å². The van der Waals surface area contributed by atoms with Crippen molar-refractivity contribution in [3.05, 3.63) is 35.9 Å². The third-order valence-electron chi connectivity index (χ3n) is 6.12. The Balaban J connectivity index is 2.08. The Morgan fingerprint density at radius 1 is 0.862 bits per heavy atom. The van der Waals surface area contributed by atoms with Crippen LogP contribution in [0.2, 0.25) is 0 Å². The predicted molar refractivity (Wildman–Crippen MR) is 122 cm³/mol. The summed E-state index contributed by atoms with van der Waals surface area (Å²) in [6.45, 7) is 9.45. The maximum absolute atomic E-state index is 11.9. The Labute approximate surface area is 179 Å². The maximum atomic E-state index is 11.9. The number of esters is 1. The summed E-state index contributed by atoms with van der Waals surface area (Å²) in [6.07, 6.45) is 11.3. The molecule has 1 N–H and O–H groups in total. The summed E-state index contributed by atoms with van der Waals surface area (Å²) in [7, 11) is 0. The third-order valence-corrected chi connectivity index (χ3v) is 6.12. The van der Waals surface area contributed by atoms with Crippen LogP contribution in [0.15, 0.2) is 30.3 Å². The number of hydrogen-bond donors (Lipinski definition) is 1. The highest BCUT2D eigenvalue weighted by atomic mass is 16.5. The smallest absolute Gasteiger partial charge is 0.338 e. The van der Waals surface area contributed by atoms with Crippen LogP contribution < -0.4 is 0 Å². The molecule has 166 valence electrons. The quantitative estimate of drug-likeness (QED) is 0.237. The van der Waals surface area contributed by atoms with Gasteiger partial charge in [0.2, 0.25) is 0 Å². The van der Waals surface area contributed by atoms with Crippen molar-refractivity contribution < 1.29 is 14.6 Å². The molecule has 29 heavy (non-hydrogen) atoms. The van der Waals surface area contributed by atoms with Crippen molar-refractivity contribution in [3.8, 4) is 0 Å². The molecule has 0 aromatic heterocycles. The largest absolute Gasteiger partial charge is 0.462 e. The topological polar surface area (TPSA) is 46.5 Å². The zero-order chi connectivity index (χ0) is 21.5. The molecule has 0 fully saturated rings. The minimum absolute atomic E-state index is 0.146. The second kappa shape index (κ2) is 15.5. The van der Waals surface area contributed by atoms with E-state index in [4.69, 9.17) is 4.74 Å². The number of aliphatic hydroxyl groups excluding tert-OH is 1. The van der Waals surface area contributed by atoms with Gasteiger partial charge in [0.1, 0.15) is 0 Å². The van der Waals surface area contributed by atoms with E-state index in [2.05, 4.69) is 27.7 Å². The van der Waals surface area contributed by atoms with E-state index in [0.29, 0.717) is 29.9 Å². The first-order valence-electron chi connectivity index (χ1n) is 11.8. The van der Waals surface area contributed by atoms with E-state index in [1.54, 1.807) is 12.1 Å². The fourth-order valence-corrected chi connectivity index (χ4v) is 3.76. The number of carbonyl (C=O) groups excluding carboxylic acids is 1. The number of aliphatic hydroxyl groups is 1. The molecule has 0 unspecified atom stereocenters. The fourth-order valence-electron chi connectivity index (χ4n) is 3.76. The lowest BCUT2D eigenvalue weighted by molar-refractivity contribution is 0.0483. The molecule has 0 amide bonds. The Hall–Kier alpha value is -1.35. The van der Waals surface area contributed by atoms with Crippen molar-refractivity contribution in [3.63, 3.8) is 0 Å². The molecule has 1 aromatic rings. The van der Waals surface area contributed by atoms with Crippen LogP contribution in [0.1, 0.15) is 102 Å². The Morgan fingerprint density at radius 2 is 1.52 bits per heavy atom. The van der Waals surface area contributed by atoms with Crippen molar-refractivity contribution in [2.24, 2.45) is 17.8 Å². The Morgan fingerprint density at radius 3 is 2.17 bits per heavy atom. The summed E-state index contributed by atoms with van der Waals surface area (Å²) >= 11 is 0. The van der Waals surface area contributed by atoms with Crippen LogP contribution in [0.3, 0.4) is 0 Å². The number of rotatable bonds is 16. The van der Waals surface area contributed by atoms with Crippen LogP contribution in [0.5, 0.6) is 0 Å². The first-order valence-corrected chi connectivity index (χ1v) is 11.8. The zero-order valence-corrected chi connectivity index (χ0v) is 19.2. The fraction of sp³-hybridized carbons (Fsp3) is 0.731. The highest BCUT2D eigenvalue weighted by molar-refractivity contribution is 5.89. The van der Waals surface area contributed by atoms with Gasteiger partial charge < -0.3 is 9.84 Å². The van der Waals surface area contributed by atoms with Gasteiger partial charge in [-0.25, -0.2) is 4.79 Å². The van der Waals surface area contributed by atoms with E-state index >= 15 is 0 Å². The summed E-state index contributed by atoms with van der Waals surface area (Å²) in [4.78, 5) is 11.9. The molecule has 0 heterocycles. The van der Waals surface area contributed by atoms with Crippen LogP contribution in [-0.2, 0) is 4.74 Å². The molecule has 0 spiro atoms. The average Bonchev–Trinajstić information content (AvgIpc) is 2.72.